The molecular weight excluding hydrogens is 262 g/mol. The van der Waals surface area contributed by atoms with Crippen LogP contribution in [-0.4, -0.2) is 48.6 Å². The van der Waals surface area contributed by atoms with Gasteiger partial charge in [-0.15, -0.1) is 11.3 Å². The highest BCUT2D eigenvalue weighted by Crippen LogP contribution is 2.20. The summed E-state index contributed by atoms with van der Waals surface area (Å²) in [6.45, 7) is 10.4. The summed E-state index contributed by atoms with van der Waals surface area (Å²) in [5.74, 6) is -0.354. The van der Waals surface area contributed by atoms with E-state index in [2.05, 4.69) is 29.0 Å². The SMILES string of the molecule is CCCN(CC)CCNc1scnc1C(=O)OCC. The lowest BCUT2D eigenvalue weighted by Crippen LogP contribution is -2.29. The Kier molecular flexibility index (Phi) is 7.43. The fourth-order valence-corrected chi connectivity index (χ4v) is 2.48. The largest absolute Gasteiger partial charge is 0.461 e. The Morgan fingerprint density at radius 3 is 2.84 bits per heavy atom. The molecule has 0 atom stereocenters. The molecule has 108 valence electrons. The lowest BCUT2D eigenvalue weighted by Gasteiger charge is -2.19. The molecule has 19 heavy (non-hydrogen) atoms. The molecule has 0 unspecified atom stereocenters. The number of ether oxygens (including phenoxy) is 1. The van der Waals surface area contributed by atoms with E-state index in [0.29, 0.717) is 12.3 Å². The van der Waals surface area contributed by atoms with E-state index in [0.717, 1.165) is 37.6 Å². The molecule has 0 fully saturated rings. The first-order chi connectivity index (χ1) is 9.22. The van der Waals surface area contributed by atoms with Gasteiger partial charge in [-0.3, -0.25) is 0 Å². The molecule has 0 radical (unpaired) electrons. The molecule has 1 N–H and O–H groups in total. The number of nitrogens with zero attached hydrogens (tertiary/aromatic N) is 2. The second kappa shape index (κ2) is 8.87. The predicted molar refractivity (Wildman–Crippen MR) is 79.0 cm³/mol. The van der Waals surface area contributed by atoms with Gasteiger partial charge in [-0.2, -0.15) is 0 Å². The monoisotopic (exact) mass is 285 g/mol. The van der Waals surface area contributed by atoms with Crippen molar-refractivity contribution in [3.8, 4) is 0 Å². The Morgan fingerprint density at radius 1 is 1.42 bits per heavy atom. The Hall–Kier alpha value is -1.14. The normalized spacial score (nSPS) is 10.7. The van der Waals surface area contributed by atoms with Crippen molar-refractivity contribution in [2.45, 2.75) is 27.2 Å². The molecule has 0 saturated carbocycles. The maximum Gasteiger partial charge on any atom is 0.360 e. The molecule has 0 aliphatic rings. The summed E-state index contributed by atoms with van der Waals surface area (Å²) < 4.78 is 4.97. The minimum Gasteiger partial charge on any atom is -0.461 e. The first-order valence-corrected chi connectivity index (χ1v) is 7.67. The molecule has 1 aromatic heterocycles. The van der Waals surface area contributed by atoms with Crippen molar-refractivity contribution in [3.63, 3.8) is 0 Å². The van der Waals surface area contributed by atoms with Crippen molar-refractivity contribution >= 4 is 22.3 Å². The number of aromatic nitrogens is 1. The number of thiazole rings is 1. The molecule has 0 aliphatic heterocycles. The number of anilines is 1. The van der Waals surface area contributed by atoms with Crippen LogP contribution in [0.15, 0.2) is 5.51 Å². The third kappa shape index (κ3) is 5.16. The van der Waals surface area contributed by atoms with Gasteiger partial charge in [-0.1, -0.05) is 13.8 Å². The highest BCUT2D eigenvalue weighted by atomic mass is 32.1. The van der Waals surface area contributed by atoms with E-state index in [1.807, 2.05) is 0 Å². The summed E-state index contributed by atoms with van der Waals surface area (Å²) in [5.41, 5.74) is 2.06. The summed E-state index contributed by atoms with van der Waals surface area (Å²) >= 11 is 1.43. The average Bonchev–Trinajstić information content (AvgIpc) is 2.86. The summed E-state index contributed by atoms with van der Waals surface area (Å²) in [7, 11) is 0. The predicted octanol–water partition coefficient (Wildman–Crippen LogP) is 2.46. The van der Waals surface area contributed by atoms with Crippen molar-refractivity contribution in [1.29, 1.82) is 0 Å². The van der Waals surface area contributed by atoms with Gasteiger partial charge in [-0.05, 0) is 26.4 Å². The van der Waals surface area contributed by atoms with Crippen LogP contribution in [0.25, 0.3) is 0 Å². The maximum atomic E-state index is 11.7. The van der Waals surface area contributed by atoms with Crippen LogP contribution >= 0.6 is 11.3 Å². The van der Waals surface area contributed by atoms with E-state index < -0.39 is 0 Å². The minimum absolute atomic E-state index is 0.354. The summed E-state index contributed by atoms with van der Waals surface area (Å²) in [6, 6.07) is 0. The highest BCUT2D eigenvalue weighted by molar-refractivity contribution is 7.14. The van der Waals surface area contributed by atoms with Gasteiger partial charge in [0.2, 0.25) is 0 Å². The van der Waals surface area contributed by atoms with Gasteiger partial charge in [0.15, 0.2) is 5.69 Å². The molecule has 0 spiro atoms. The number of hydrogen-bond donors (Lipinski definition) is 1. The topological polar surface area (TPSA) is 54.5 Å². The van der Waals surface area contributed by atoms with E-state index in [9.17, 15) is 4.79 Å². The molecule has 6 heteroatoms. The number of hydrogen-bond acceptors (Lipinski definition) is 6. The van der Waals surface area contributed by atoms with Crippen molar-refractivity contribution in [3.05, 3.63) is 11.2 Å². The Morgan fingerprint density at radius 2 is 2.21 bits per heavy atom. The smallest absolute Gasteiger partial charge is 0.360 e. The number of carbonyl (C=O) groups is 1. The average molecular weight is 285 g/mol. The second-order valence-corrected chi connectivity index (χ2v) is 4.97. The van der Waals surface area contributed by atoms with Crippen LogP contribution in [0.1, 0.15) is 37.7 Å². The van der Waals surface area contributed by atoms with Gasteiger partial charge in [0.05, 0.1) is 12.1 Å². The molecule has 1 rings (SSSR count). The number of carbonyl (C=O) groups excluding carboxylic acids is 1. The molecule has 5 nitrogen and oxygen atoms in total. The molecule has 0 aliphatic carbocycles. The fourth-order valence-electron chi connectivity index (χ4n) is 1.79. The van der Waals surface area contributed by atoms with Crippen LogP contribution in [0.4, 0.5) is 5.00 Å². The lowest BCUT2D eigenvalue weighted by molar-refractivity contribution is 0.0521. The van der Waals surface area contributed by atoms with Crippen LogP contribution in [0.5, 0.6) is 0 Å². The first kappa shape index (κ1) is 15.9. The van der Waals surface area contributed by atoms with E-state index >= 15 is 0 Å². The summed E-state index contributed by atoms with van der Waals surface area (Å²) in [4.78, 5) is 18.1. The molecule has 0 bridgehead atoms. The van der Waals surface area contributed by atoms with Crippen molar-refractivity contribution in [1.82, 2.24) is 9.88 Å². The molecule has 0 amide bonds. The number of nitrogens with one attached hydrogen (secondary N) is 1. The van der Waals surface area contributed by atoms with Crippen LogP contribution in [0.3, 0.4) is 0 Å². The van der Waals surface area contributed by atoms with Gasteiger partial charge < -0.3 is 15.0 Å². The van der Waals surface area contributed by atoms with Gasteiger partial charge in [-0.25, -0.2) is 9.78 Å². The quantitative estimate of drug-likeness (QED) is 0.706. The zero-order chi connectivity index (χ0) is 14.1. The molecular formula is C13H23N3O2S. The third-order valence-corrected chi connectivity index (χ3v) is 3.52. The van der Waals surface area contributed by atoms with Crippen molar-refractivity contribution in [2.24, 2.45) is 0 Å². The van der Waals surface area contributed by atoms with Gasteiger partial charge in [0, 0.05) is 13.1 Å². The minimum atomic E-state index is -0.354. The second-order valence-electron chi connectivity index (χ2n) is 4.11. The highest BCUT2D eigenvalue weighted by Gasteiger charge is 2.15. The first-order valence-electron chi connectivity index (χ1n) is 6.79. The van der Waals surface area contributed by atoms with E-state index in [-0.39, 0.29) is 5.97 Å². The Labute approximate surface area is 119 Å². The van der Waals surface area contributed by atoms with Crippen LogP contribution in [0, 0.1) is 0 Å². The Bertz CT molecular complexity index is 382. The molecule has 0 saturated heterocycles. The van der Waals surface area contributed by atoms with E-state index in [1.165, 1.54) is 11.3 Å². The summed E-state index contributed by atoms with van der Waals surface area (Å²) in [5, 5.41) is 4.07. The van der Waals surface area contributed by atoms with Crippen molar-refractivity contribution < 1.29 is 9.53 Å². The lowest BCUT2D eigenvalue weighted by atomic mass is 10.4. The van der Waals surface area contributed by atoms with Crippen LogP contribution in [0.2, 0.25) is 0 Å². The number of esters is 1. The van der Waals surface area contributed by atoms with Crippen molar-refractivity contribution in [2.75, 3.05) is 38.1 Å². The maximum absolute atomic E-state index is 11.7. The van der Waals surface area contributed by atoms with E-state index in [1.54, 1.807) is 12.4 Å². The van der Waals surface area contributed by atoms with Crippen LogP contribution in [-0.2, 0) is 4.74 Å². The number of rotatable bonds is 9. The van der Waals surface area contributed by atoms with E-state index in [4.69, 9.17) is 4.74 Å². The molecule has 1 heterocycles. The zero-order valence-corrected chi connectivity index (χ0v) is 12.8. The van der Waals surface area contributed by atoms with Gasteiger partial charge in [0.25, 0.3) is 0 Å². The fraction of sp³-hybridized carbons (Fsp3) is 0.692. The number of likely N-dealkylation sites (N-methyl/N-ethyl adjacent to an activating group) is 1. The molecule has 1 aromatic rings. The summed E-state index contributed by atoms with van der Waals surface area (Å²) in [6.07, 6.45) is 1.16. The Balaban J connectivity index is 2.45. The third-order valence-electron chi connectivity index (χ3n) is 2.74. The standard InChI is InChI=1S/C13H23N3O2S/c1-4-8-16(5-2)9-7-14-12-11(15-10-19-12)13(17)18-6-3/h10,14H,4-9H2,1-3H3. The zero-order valence-electron chi connectivity index (χ0n) is 11.9. The van der Waals surface area contributed by atoms with Crippen LogP contribution < -0.4 is 5.32 Å². The van der Waals surface area contributed by atoms with Gasteiger partial charge >= 0.3 is 5.97 Å². The molecule has 0 aromatic carbocycles. The van der Waals surface area contributed by atoms with Gasteiger partial charge in [0.1, 0.15) is 5.00 Å².